The molecule has 40 heavy (non-hydrogen) atoms. The van der Waals surface area contributed by atoms with Crippen LogP contribution in [-0.2, 0) is 19.1 Å². The number of hydrogen-bond donors (Lipinski definition) is 2. The molecule has 1 heterocycles. The van der Waals surface area contributed by atoms with Crippen LogP contribution in [0.4, 0.5) is 10.5 Å². The summed E-state index contributed by atoms with van der Waals surface area (Å²) in [5, 5.41) is 6.08. The molecule has 4 rings (SSSR count). The second kappa shape index (κ2) is 12.6. The molecule has 2 N–H and O–H groups in total. The number of likely N-dealkylation sites (tertiary alicyclic amines) is 1. The standard InChI is InChI=1S/C31H46N4O5/c1-20(34(5)30(39)40-31(2,3)4)27(36)33-25(21-12-8-6-9-13-21)29(38)35-19-18-22-16-17-24(26(22)35)28(37)32-23-14-10-7-11-15-23/h7,10-11,14-15,20-22,24-26H,6,8-9,12-13,16-19H2,1-5H3,(H,32,37)(H,33,36)/t20-,22+,24-,25-,26-/m0/s1. The highest BCUT2D eigenvalue weighted by Gasteiger charge is 2.50. The minimum absolute atomic E-state index is 0.0290. The first-order valence-electron chi connectivity index (χ1n) is 14.9. The lowest BCUT2D eigenvalue weighted by molar-refractivity contribution is -0.141. The largest absolute Gasteiger partial charge is 0.444 e. The van der Waals surface area contributed by atoms with Gasteiger partial charge < -0.3 is 20.3 Å². The third-order valence-corrected chi connectivity index (χ3v) is 8.83. The molecule has 3 fully saturated rings. The second-order valence-corrected chi connectivity index (χ2v) is 12.8. The summed E-state index contributed by atoms with van der Waals surface area (Å²) in [7, 11) is 1.54. The van der Waals surface area contributed by atoms with E-state index in [0.29, 0.717) is 6.54 Å². The maximum absolute atomic E-state index is 14.2. The van der Waals surface area contributed by atoms with Gasteiger partial charge in [-0.3, -0.25) is 19.3 Å². The van der Waals surface area contributed by atoms with Gasteiger partial charge in [0.2, 0.25) is 17.7 Å². The normalized spacial score (nSPS) is 24.5. The summed E-state index contributed by atoms with van der Waals surface area (Å²) in [6.45, 7) is 7.58. The average Bonchev–Trinajstić information content (AvgIpc) is 3.53. The lowest BCUT2D eigenvalue weighted by Gasteiger charge is -2.37. The van der Waals surface area contributed by atoms with Crippen LogP contribution < -0.4 is 10.6 Å². The van der Waals surface area contributed by atoms with Crippen LogP contribution in [0.5, 0.6) is 0 Å². The zero-order chi connectivity index (χ0) is 29.0. The van der Waals surface area contributed by atoms with Gasteiger partial charge in [-0.25, -0.2) is 4.79 Å². The molecule has 3 aliphatic rings. The number of carbonyl (C=O) groups excluding carboxylic acids is 4. The van der Waals surface area contributed by atoms with Crippen LogP contribution in [0.15, 0.2) is 30.3 Å². The molecule has 1 aromatic rings. The molecule has 1 aromatic carbocycles. The molecule has 9 heteroatoms. The number of para-hydroxylation sites is 1. The zero-order valence-electron chi connectivity index (χ0n) is 24.7. The molecule has 4 amide bonds. The van der Waals surface area contributed by atoms with Crippen LogP contribution in [-0.4, -0.2) is 70.9 Å². The van der Waals surface area contributed by atoms with E-state index in [1.165, 1.54) is 11.9 Å². The van der Waals surface area contributed by atoms with Gasteiger partial charge in [0.1, 0.15) is 17.7 Å². The number of fused-ring (bicyclic) bond motifs is 1. The monoisotopic (exact) mass is 554 g/mol. The Hall–Kier alpha value is -3.10. The van der Waals surface area contributed by atoms with Gasteiger partial charge in [-0.05, 0) is 83.8 Å². The Bertz CT molecular complexity index is 1070. The maximum Gasteiger partial charge on any atom is 0.410 e. The van der Waals surface area contributed by atoms with Crippen molar-refractivity contribution in [2.45, 2.75) is 103 Å². The number of carbonyl (C=O) groups is 4. The van der Waals surface area contributed by atoms with E-state index in [-0.39, 0.29) is 41.5 Å². The summed E-state index contributed by atoms with van der Waals surface area (Å²) in [4.78, 5) is 56.8. The van der Waals surface area contributed by atoms with Crippen molar-refractivity contribution < 1.29 is 23.9 Å². The van der Waals surface area contributed by atoms with Crippen molar-refractivity contribution in [3.05, 3.63) is 30.3 Å². The number of nitrogens with one attached hydrogen (secondary N) is 2. The Kier molecular flexibility index (Phi) is 9.41. The Morgan fingerprint density at radius 1 is 0.975 bits per heavy atom. The first-order chi connectivity index (χ1) is 19.0. The zero-order valence-corrected chi connectivity index (χ0v) is 24.7. The second-order valence-electron chi connectivity index (χ2n) is 12.8. The van der Waals surface area contributed by atoms with Crippen molar-refractivity contribution in [3.63, 3.8) is 0 Å². The molecule has 9 nitrogen and oxygen atoms in total. The summed E-state index contributed by atoms with van der Waals surface area (Å²) in [5.74, 6) is -0.491. The van der Waals surface area contributed by atoms with Gasteiger partial charge in [0.15, 0.2) is 0 Å². The molecule has 5 atom stereocenters. The summed E-state index contributed by atoms with van der Waals surface area (Å²) < 4.78 is 5.44. The van der Waals surface area contributed by atoms with Gasteiger partial charge in [0, 0.05) is 25.3 Å². The smallest absolute Gasteiger partial charge is 0.410 e. The maximum atomic E-state index is 14.2. The van der Waals surface area contributed by atoms with Crippen LogP contribution >= 0.6 is 0 Å². The molecule has 220 valence electrons. The third kappa shape index (κ3) is 6.96. The fourth-order valence-corrected chi connectivity index (χ4v) is 6.57. The van der Waals surface area contributed by atoms with Crippen molar-refractivity contribution in [2.24, 2.45) is 17.8 Å². The number of rotatable bonds is 7. The van der Waals surface area contributed by atoms with Crippen LogP contribution in [0.1, 0.15) is 79.1 Å². The van der Waals surface area contributed by atoms with Crippen molar-refractivity contribution in [2.75, 3.05) is 18.9 Å². The molecule has 0 aromatic heterocycles. The molecular formula is C31H46N4O5. The molecule has 0 spiro atoms. The van der Waals surface area contributed by atoms with Crippen LogP contribution in [0.25, 0.3) is 0 Å². The number of ether oxygens (including phenoxy) is 1. The van der Waals surface area contributed by atoms with Crippen molar-refractivity contribution in [1.29, 1.82) is 0 Å². The molecule has 2 aliphatic carbocycles. The van der Waals surface area contributed by atoms with Gasteiger partial charge in [0.05, 0.1) is 5.92 Å². The van der Waals surface area contributed by atoms with Gasteiger partial charge in [0.25, 0.3) is 0 Å². The quantitative estimate of drug-likeness (QED) is 0.513. The summed E-state index contributed by atoms with van der Waals surface area (Å²) >= 11 is 0. The SMILES string of the molecule is C[C@@H](C(=O)N[C@H](C(=O)N1CC[C@H]2CC[C@H](C(=O)Nc3ccccc3)[C@H]21)C1CCCCC1)N(C)C(=O)OC(C)(C)C. The molecule has 0 bridgehead atoms. The van der Waals surface area contributed by atoms with Gasteiger partial charge in [-0.1, -0.05) is 37.5 Å². The van der Waals surface area contributed by atoms with E-state index in [0.717, 1.165) is 57.1 Å². The lowest BCUT2D eigenvalue weighted by atomic mass is 9.83. The highest BCUT2D eigenvalue weighted by atomic mass is 16.6. The van der Waals surface area contributed by atoms with Crippen molar-refractivity contribution in [1.82, 2.24) is 15.1 Å². The van der Waals surface area contributed by atoms with E-state index in [1.807, 2.05) is 35.2 Å². The first-order valence-corrected chi connectivity index (χ1v) is 14.9. The fraction of sp³-hybridized carbons (Fsp3) is 0.677. The predicted octanol–water partition coefficient (Wildman–Crippen LogP) is 4.57. The molecule has 0 radical (unpaired) electrons. The highest BCUT2D eigenvalue weighted by molar-refractivity contribution is 5.95. The predicted molar refractivity (Wildman–Crippen MR) is 153 cm³/mol. The van der Waals surface area contributed by atoms with Crippen LogP contribution in [0, 0.1) is 17.8 Å². The minimum Gasteiger partial charge on any atom is -0.444 e. The summed E-state index contributed by atoms with van der Waals surface area (Å²) in [6.07, 6.45) is 6.84. The van der Waals surface area contributed by atoms with E-state index in [1.54, 1.807) is 27.7 Å². The Morgan fingerprint density at radius 2 is 1.65 bits per heavy atom. The average molecular weight is 555 g/mol. The van der Waals surface area contributed by atoms with Crippen LogP contribution in [0.3, 0.4) is 0 Å². The van der Waals surface area contributed by atoms with E-state index in [4.69, 9.17) is 4.74 Å². The van der Waals surface area contributed by atoms with Crippen molar-refractivity contribution in [3.8, 4) is 0 Å². The van der Waals surface area contributed by atoms with E-state index in [9.17, 15) is 19.2 Å². The molecule has 2 saturated carbocycles. The van der Waals surface area contributed by atoms with E-state index >= 15 is 0 Å². The number of benzene rings is 1. The topological polar surface area (TPSA) is 108 Å². The Labute approximate surface area is 238 Å². The summed E-state index contributed by atoms with van der Waals surface area (Å²) in [5.41, 5.74) is 0.0706. The lowest BCUT2D eigenvalue weighted by Crippen LogP contribution is -2.58. The molecule has 0 unspecified atom stereocenters. The fourth-order valence-electron chi connectivity index (χ4n) is 6.57. The third-order valence-electron chi connectivity index (χ3n) is 8.83. The van der Waals surface area contributed by atoms with Gasteiger partial charge in [-0.15, -0.1) is 0 Å². The van der Waals surface area contributed by atoms with E-state index < -0.39 is 23.8 Å². The van der Waals surface area contributed by atoms with Gasteiger partial charge >= 0.3 is 6.09 Å². The first kappa shape index (κ1) is 29.9. The minimum atomic E-state index is -0.809. The highest BCUT2D eigenvalue weighted by Crippen LogP contribution is 2.43. The number of nitrogens with zero attached hydrogens (tertiary/aromatic N) is 2. The number of likely N-dealkylation sites (N-methyl/N-ethyl adjacent to an activating group) is 1. The Morgan fingerprint density at radius 3 is 2.30 bits per heavy atom. The molecule has 1 aliphatic heterocycles. The number of hydrogen-bond acceptors (Lipinski definition) is 5. The summed E-state index contributed by atoms with van der Waals surface area (Å²) in [6, 6.07) is 7.76. The Balaban J connectivity index is 1.49. The molecular weight excluding hydrogens is 508 g/mol. The number of amides is 4. The number of anilines is 1. The van der Waals surface area contributed by atoms with Crippen LogP contribution in [0.2, 0.25) is 0 Å². The molecule has 1 saturated heterocycles. The van der Waals surface area contributed by atoms with Crippen molar-refractivity contribution >= 4 is 29.5 Å². The van der Waals surface area contributed by atoms with E-state index in [2.05, 4.69) is 10.6 Å². The van der Waals surface area contributed by atoms with Gasteiger partial charge in [-0.2, -0.15) is 0 Å².